The molecule has 0 aliphatic carbocycles. The topological polar surface area (TPSA) is 62.2 Å². The van der Waals surface area contributed by atoms with Crippen molar-refractivity contribution in [2.45, 2.75) is 19.1 Å². The Kier molecular flexibility index (Phi) is 4.88. The van der Waals surface area contributed by atoms with Crippen LogP contribution in [0, 0.1) is 5.82 Å². The molecule has 1 aromatic carbocycles. The van der Waals surface area contributed by atoms with Crippen molar-refractivity contribution in [2.75, 3.05) is 0 Å². The van der Waals surface area contributed by atoms with Crippen LogP contribution in [0.1, 0.15) is 29.1 Å². The predicted molar refractivity (Wildman–Crippen MR) is 77.5 cm³/mol. The predicted octanol–water partition coefficient (Wildman–Crippen LogP) is 2.73. The van der Waals surface area contributed by atoms with Gasteiger partial charge in [-0.1, -0.05) is 29.8 Å². The number of nitrogens with one attached hydrogen (secondary N) is 1. The Hall–Kier alpha value is -1.98. The van der Waals surface area contributed by atoms with E-state index >= 15 is 0 Å². The van der Waals surface area contributed by atoms with Crippen molar-refractivity contribution >= 4 is 17.5 Å². The summed E-state index contributed by atoms with van der Waals surface area (Å²) >= 11 is 5.72. The summed E-state index contributed by atoms with van der Waals surface area (Å²) < 4.78 is 12.8. The van der Waals surface area contributed by atoms with Gasteiger partial charge in [0, 0.05) is 0 Å². The van der Waals surface area contributed by atoms with Crippen molar-refractivity contribution in [3.05, 3.63) is 64.7 Å². The summed E-state index contributed by atoms with van der Waals surface area (Å²) in [6.07, 6.45) is -0.950. The fourth-order valence-corrected chi connectivity index (χ4v) is 2.01. The van der Waals surface area contributed by atoms with Crippen LogP contribution >= 0.6 is 11.6 Å². The van der Waals surface area contributed by atoms with E-state index in [0.29, 0.717) is 5.56 Å². The second-order valence-electron chi connectivity index (χ2n) is 4.60. The number of carbonyl (C=O) groups is 1. The molecule has 0 spiro atoms. The van der Waals surface area contributed by atoms with Gasteiger partial charge >= 0.3 is 0 Å². The van der Waals surface area contributed by atoms with Crippen LogP contribution in [0.2, 0.25) is 5.15 Å². The number of amides is 1. The van der Waals surface area contributed by atoms with Crippen molar-refractivity contribution in [1.82, 2.24) is 10.3 Å². The lowest BCUT2D eigenvalue weighted by Gasteiger charge is -2.20. The van der Waals surface area contributed by atoms with Crippen molar-refractivity contribution in [3.8, 4) is 0 Å². The van der Waals surface area contributed by atoms with Crippen LogP contribution in [0.3, 0.4) is 0 Å². The third kappa shape index (κ3) is 4.00. The highest BCUT2D eigenvalue weighted by Crippen LogP contribution is 2.17. The van der Waals surface area contributed by atoms with Crippen molar-refractivity contribution in [1.29, 1.82) is 0 Å². The maximum atomic E-state index is 12.8. The van der Waals surface area contributed by atoms with Crippen LogP contribution < -0.4 is 5.32 Å². The Morgan fingerprint density at radius 3 is 2.57 bits per heavy atom. The lowest BCUT2D eigenvalue weighted by Crippen LogP contribution is -2.37. The molecule has 1 heterocycles. The fraction of sp³-hybridized carbons (Fsp3) is 0.200. The minimum atomic E-state index is -0.950. The molecular weight excluding hydrogens is 295 g/mol. The molecular formula is C15H14ClFN2O2. The monoisotopic (exact) mass is 308 g/mol. The molecule has 2 aromatic rings. The van der Waals surface area contributed by atoms with Crippen LogP contribution in [0.25, 0.3) is 0 Å². The summed E-state index contributed by atoms with van der Waals surface area (Å²) in [4.78, 5) is 15.9. The van der Waals surface area contributed by atoms with Crippen molar-refractivity contribution in [2.24, 2.45) is 0 Å². The van der Waals surface area contributed by atoms with Crippen LogP contribution in [-0.2, 0) is 0 Å². The standard InChI is InChI=1S/C15H14ClFN2O2/c1-9(14(20)10-5-7-11(17)8-6-10)18-15(21)12-3-2-4-13(16)19-12/h2-9,14,20H,1H3,(H,18,21). The van der Waals surface area contributed by atoms with Crippen LogP contribution in [-0.4, -0.2) is 22.0 Å². The molecule has 2 N–H and O–H groups in total. The largest absolute Gasteiger partial charge is 0.386 e. The number of halogens is 2. The molecule has 0 aliphatic heterocycles. The first-order chi connectivity index (χ1) is 9.97. The zero-order chi connectivity index (χ0) is 15.4. The van der Waals surface area contributed by atoms with Crippen molar-refractivity contribution < 1.29 is 14.3 Å². The van der Waals surface area contributed by atoms with E-state index in [1.54, 1.807) is 19.1 Å². The SMILES string of the molecule is CC(NC(=O)c1cccc(Cl)n1)C(O)c1ccc(F)cc1. The molecule has 2 rings (SSSR count). The molecule has 0 bridgehead atoms. The number of benzene rings is 1. The van der Waals surface area contributed by atoms with E-state index in [-0.39, 0.29) is 16.7 Å². The van der Waals surface area contributed by atoms with E-state index in [1.165, 1.54) is 30.3 Å². The second-order valence-corrected chi connectivity index (χ2v) is 4.99. The number of hydrogen-bond acceptors (Lipinski definition) is 3. The first-order valence-electron chi connectivity index (χ1n) is 6.34. The fourth-order valence-electron chi connectivity index (χ4n) is 1.84. The minimum Gasteiger partial charge on any atom is -0.386 e. The molecule has 1 aromatic heterocycles. The third-order valence-electron chi connectivity index (χ3n) is 2.99. The molecule has 0 saturated heterocycles. The number of aromatic nitrogens is 1. The normalized spacial score (nSPS) is 13.5. The van der Waals surface area contributed by atoms with Gasteiger partial charge in [-0.2, -0.15) is 0 Å². The first-order valence-corrected chi connectivity index (χ1v) is 6.72. The molecule has 0 radical (unpaired) electrons. The summed E-state index contributed by atoms with van der Waals surface area (Å²) in [5.41, 5.74) is 0.684. The Balaban J connectivity index is 2.05. The molecule has 2 atom stereocenters. The summed E-state index contributed by atoms with van der Waals surface area (Å²) in [7, 11) is 0. The van der Waals surface area contributed by atoms with Gasteiger partial charge in [0.2, 0.25) is 0 Å². The number of rotatable bonds is 4. The van der Waals surface area contributed by atoms with E-state index in [0.717, 1.165) is 0 Å². The molecule has 6 heteroatoms. The molecule has 0 aliphatic rings. The number of carbonyl (C=O) groups excluding carboxylic acids is 1. The third-order valence-corrected chi connectivity index (χ3v) is 3.20. The summed E-state index contributed by atoms with van der Waals surface area (Å²) in [5, 5.41) is 13.0. The average molecular weight is 309 g/mol. The molecule has 21 heavy (non-hydrogen) atoms. The molecule has 2 unspecified atom stereocenters. The zero-order valence-corrected chi connectivity index (χ0v) is 12.0. The molecule has 0 fully saturated rings. The van der Waals surface area contributed by atoms with Crippen LogP contribution in [0.4, 0.5) is 4.39 Å². The number of nitrogens with zero attached hydrogens (tertiary/aromatic N) is 1. The van der Waals surface area contributed by atoms with Crippen LogP contribution in [0.15, 0.2) is 42.5 Å². The Bertz CT molecular complexity index is 634. The van der Waals surface area contributed by atoms with Gasteiger partial charge < -0.3 is 10.4 Å². The molecule has 4 nitrogen and oxygen atoms in total. The van der Waals surface area contributed by atoms with E-state index in [4.69, 9.17) is 11.6 Å². The van der Waals surface area contributed by atoms with E-state index < -0.39 is 18.1 Å². The minimum absolute atomic E-state index is 0.167. The Morgan fingerprint density at radius 1 is 1.29 bits per heavy atom. The molecule has 1 amide bonds. The Morgan fingerprint density at radius 2 is 1.95 bits per heavy atom. The Labute approximate surface area is 126 Å². The average Bonchev–Trinajstić information content (AvgIpc) is 2.47. The zero-order valence-electron chi connectivity index (χ0n) is 11.3. The van der Waals surface area contributed by atoms with E-state index in [2.05, 4.69) is 10.3 Å². The van der Waals surface area contributed by atoms with Gasteiger partial charge in [-0.05, 0) is 36.8 Å². The number of pyridine rings is 1. The smallest absolute Gasteiger partial charge is 0.270 e. The quantitative estimate of drug-likeness (QED) is 0.854. The summed E-state index contributed by atoms with van der Waals surface area (Å²) in [5.74, 6) is -0.822. The first kappa shape index (κ1) is 15.4. The highest BCUT2D eigenvalue weighted by molar-refractivity contribution is 6.29. The van der Waals surface area contributed by atoms with Gasteiger partial charge in [0.1, 0.15) is 16.7 Å². The number of aliphatic hydroxyl groups excluding tert-OH is 1. The maximum absolute atomic E-state index is 12.8. The molecule has 0 saturated carbocycles. The van der Waals surface area contributed by atoms with Gasteiger partial charge in [0.05, 0.1) is 12.1 Å². The second kappa shape index (κ2) is 6.65. The van der Waals surface area contributed by atoms with Crippen molar-refractivity contribution in [3.63, 3.8) is 0 Å². The van der Waals surface area contributed by atoms with E-state index in [1.807, 2.05) is 0 Å². The van der Waals surface area contributed by atoms with Gasteiger partial charge in [-0.3, -0.25) is 4.79 Å². The lowest BCUT2D eigenvalue weighted by molar-refractivity contribution is 0.0847. The number of hydrogen-bond donors (Lipinski definition) is 2. The van der Waals surface area contributed by atoms with Gasteiger partial charge in [0.15, 0.2) is 0 Å². The lowest BCUT2D eigenvalue weighted by atomic mass is 10.0. The van der Waals surface area contributed by atoms with Gasteiger partial charge in [-0.15, -0.1) is 0 Å². The summed E-state index contributed by atoms with van der Waals surface area (Å²) in [6.45, 7) is 1.65. The van der Waals surface area contributed by atoms with E-state index in [9.17, 15) is 14.3 Å². The van der Waals surface area contributed by atoms with Crippen LogP contribution in [0.5, 0.6) is 0 Å². The summed E-state index contributed by atoms with van der Waals surface area (Å²) in [6, 6.07) is 9.60. The highest BCUT2D eigenvalue weighted by atomic mass is 35.5. The van der Waals surface area contributed by atoms with Gasteiger partial charge in [-0.25, -0.2) is 9.37 Å². The highest BCUT2D eigenvalue weighted by Gasteiger charge is 2.19. The molecule has 110 valence electrons. The number of aliphatic hydroxyl groups is 1. The van der Waals surface area contributed by atoms with Gasteiger partial charge in [0.25, 0.3) is 5.91 Å². The maximum Gasteiger partial charge on any atom is 0.270 e.